The zero-order chi connectivity index (χ0) is 17.6. The normalized spacial score (nSPS) is 11.2. The number of rotatable bonds is 5. The summed E-state index contributed by atoms with van der Waals surface area (Å²) in [6.07, 6.45) is 1.68. The number of carbonyl (C=O) groups excluding carboxylic acids is 2. The standard InChI is InChI=1S/C19H16N2O2S2/c1-13-5-2-6-14(11-13)20-18(22)16(12-15-7-3-9-24-15)21-19(23)17-8-4-10-25-17/h2-12H,1H3,(H,20,22)(H,21,23)/b16-12+. The Balaban J connectivity index is 1.83. The predicted octanol–water partition coefficient (Wildman–Crippen LogP) is 4.53. The maximum absolute atomic E-state index is 12.7. The van der Waals surface area contributed by atoms with Crippen molar-refractivity contribution in [1.82, 2.24) is 5.32 Å². The zero-order valence-electron chi connectivity index (χ0n) is 13.5. The second-order valence-electron chi connectivity index (χ2n) is 5.33. The number of aryl methyl sites for hydroxylation is 1. The minimum Gasteiger partial charge on any atom is -0.321 e. The molecule has 0 saturated carbocycles. The molecule has 2 aromatic heterocycles. The van der Waals surface area contributed by atoms with Crippen molar-refractivity contribution in [2.45, 2.75) is 6.92 Å². The summed E-state index contributed by atoms with van der Waals surface area (Å²) in [4.78, 5) is 26.5. The summed E-state index contributed by atoms with van der Waals surface area (Å²) in [5.74, 6) is -0.652. The topological polar surface area (TPSA) is 58.2 Å². The van der Waals surface area contributed by atoms with E-state index in [2.05, 4.69) is 10.6 Å². The van der Waals surface area contributed by atoms with E-state index in [1.807, 2.05) is 54.1 Å². The summed E-state index contributed by atoms with van der Waals surface area (Å²) in [6, 6.07) is 14.8. The van der Waals surface area contributed by atoms with Crippen LogP contribution < -0.4 is 10.6 Å². The van der Waals surface area contributed by atoms with Crippen molar-refractivity contribution in [1.29, 1.82) is 0 Å². The highest BCUT2D eigenvalue weighted by molar-refractivity contribution is 7.12. The monoisotopic (exact) mass is 368 g/mol. The lowest BCUT2D eigenvalue weighted by Crippen LogP contribution is -2.30. The van der Waals surface area contributed by atoms with Gasteiger partial charge in [-0.25, -0.2) is 0 Å². The van der Waals surface area contributed by atoms with Gasteiger partial charge in [0.25, 0.3) is 11.8 Å². The van der Waals surface area contributed by atoms with Gasteiger partial charge in [0.2, 0.25) is 0 Å². The van der Waals surface area contributed by atoms with E-state index >= 15 is 0 Å². The van der Waals surface area contributed by atoms with Crippen LogP contribution in [0.1, 0.15) is 20.1 Å². The zero-order valence-corrected chi connectivity index (χ0v) is 15.1. The van der Waals surface area contributed by atoms with Crippen molar-refractivity contribution in [3.63, 3.8) is 0 Å². The Morgan fingerprint density at radius 1 is 1.00 bits per heavy atom. The molecule has 4 nitrogen and oxygen atoms in total. The molecule has 0 atom stereocenters. The van der Waals surface area contributed by atoms with Gasteiger partial charge in [-0.1, -0.05) is 24.3 Å². The molecule has 2 amide bonds. The fraction of sp³-hybridized carbons (Fsp3) is 0.0526. The van der Waals surface area contributed by atoms with Gasteiger partial charge in [0.1, 0.15) is 5.70 Å². The van der Waals surface area contributed by atoms with E-state index in [9.17, 15) is 9.59 Å². The number of benzene rings is 1. The molecule has 25 heavy (non-hydrogen) atoms. The number of nitrogens with one attached hydrogen (secondary N) is 2. The van der Waals surface area contributed by atoms with Crippen molar-refractivity contribution in [2.75, 3.05) is 5.32 Å². The lowest BCUT2D eigenvalue weighted by atomic mass is 10.2. The van der Waals surface area contributed by atoms with Crippen LogP contribution in [-0.4, -0.2) is 11.8 Å². The number of hydrogen-bond donors (Lipinski definition) is 2. The molecule has 126 valence electrons. The first-order valence-electron chi connectivity index (χ1n) is 7.60. The van der Waals surface area contributed by atoms with E-state index in [1.165, 1.54) is 22.7 Å². The van der Waals surface area contributed by atoms with Gasteiger partial charge >= 0.3 is 0 Å². The molecular weight excluding hydrogens is 352 g/mol. The van der Waals surface area contributed by atoms with Gasteiger partial charge < -0.3 is 10.6 Å². The quantitative estimate of drug-likeness (QED) is 0.650. The summed E-state index contributed by atoms with van der Waals surface area (Å²) in [5.41, 5.74) is 1.94. The lowest BCUT2D eigenvalue weighted by Gasteiger charge is -2.10. The van der Waals surface area contributed by atoms with Crippen LogP contribution in [0.2, 0.25) is 0 Å². The van der Waals surface area contributed by atoms with Crippen LogP contribution in [0.5, 0.6) is 0 Å². The highest BCUT2D eigenvalue weighted by atomic mass is 32.1. The fourth-order valence-corrected chi connectivity index (χ4v) is 3.46. The van der Waals surface area contributed by atoms with Crippen molar-refractivity contribution < 1.29 is 9.59 Å². The summed E-state index contributed by atoms with van der Waals surface area (Å²) >= 11 is 2.83. The third-order valence-corrected chi connectivity index (χ3v) is 5.03. The Labute approximate surface area is 153 Å². The van der Waals surface area contributed by atoms with Gasteiger partial charge in [-0.15, -0.1) is 22.7 Å². The summed E-state index contributed by atoms with van der Waals surface area (Å²) in [6.45, 7) is 1.95. The average molecular weight is 368 g/mol. The first kappa shape index (κ1) is 17.1. The second-order valence-corrected chi connectivity index (χ2v) is 7.26. The molecule has 1 aromatic carbocycles. The van der Waals surface area contributed by atoms with Gasteiger partial charge in [0.15, 0.2) is 0 Å². The van der Waals surface area contributed by atoms with Gasteiger partial charge in [-0.3, -0.25) is 9.59 Å². The molecule has 3 rings (SSSR count). The molecule has 0 bridgehead atoms. The average Bonchev–Trinajstić information content (AvgIpc) is 3.28. The Bertz CT molecular complexity index is 897. The molecule has 2 N–H and O–H groups in total. The minimum atomic E-state index is -0.357. The summed E-state index contributed by atoms with van der Waals surface area (Å²) < 4.78 is 0. The van der Waals surface area contributed by atoms with E-state index in [4.69, 9.17) is 0 Å². The fourth-order valence-electron chi connectivity index (χ4n) is 2.19. The molecule has 3 aromatic rings. The molecule has 2 heterocycles. The van der Waals surface area contributed by atoms with Crippen LogP contribution in [0.15, 0.2) is 65.0 Å². The van der Waals surface area contributed by atoms with Crippen LogP contribution in [-0.2, 0) is 4.79 Å². The lowest BCUT2D eigenvalue weighted by molar-refractivity contribution is -0.113. The van der Waals surface area contributed by atoms with Crippen LogP contribution in [0.3, 0.4) is 0 Å². The SMILES string of the molecule is Cc1cccc(NC(=O)/C(=C\c2cccs2)NC(=O)c2cccs2)c1. The predicted molar refractivity (Wildman–Crippen MR) is 104 cm³/mol. The minimum absolute atomic E-state index is 0.211. The van der Waals surface area contributed by atoms with Gasteiger partial charge in [-0.2, -0.15) is 0 Å². The number of anilines is 1. The Morgan fingerprint density at radius 2 is 1.80 bits per heavy atom. The highest BCUT2D eigenvalue weighted by Gasteiger charge is 2.15. The first-order chi connectivity index (χ1) is 12.1. The number of thiophene rings is 2. The molecule has 0 radical (unpaired) electrons. The molecule has 0 saturated heterocycles. The van der Waals surface area contributed by atoms with Crippen LogP contribution >= 0.6 is 22.7 Å². The van der Waals surface area contributed by atoms with E-state index in [0.717, 1.165) is 10.4 Å². The Hall–Kier alpha value is -2.70. The molecule has 0 spiro atoms. The molecule has 0 unspecified atom stereocenters. The number of amides is 2. The molecule has 6 heteroatoms. The largest absolute Gasteiger partial charge is 0.321 e. The van der Waals surface area contributed by atoms with E-state index < -0.39 is 0 Å². The van der Waals surface area contributed by atoms with E-state index in [1.54, 1.807) is 18.2 Å². The van der Waals surface area contributed by atoms with Crippen LogP contribution in [0.25, 0.3) is 6.08 Å². The van der Waals surface area contributed by atoms with Crippen LogP contribution in [0.4, 0.5) is 5.69 Å². The molecule has 0 aliphatic heterocycles. The first-order valence-corrected chi connectivity index (χ1v) is 9.36. The van der Waals surface area contributed by atoms with E-state index in [-0.39, 0.29) is 17.5 Å². The highest BCUT2D eigenvalue weighted by Crippen LogP contribution is 2.16. The Morgan fingerprint density at radius 3 is 2.48 bits per heavy atom. The van der Waals surface area contributed by atoms with Gasteiger partial charge in [-0.05, 0) is 53.6 Å². The number of hydrogen-bond acceptors (Lipinski definition) is 4. The molecule has 0 aliphatic rings. The van der Waals surface area contributed by atoms with Gasteiger partial charge in [0, 0.05) is 10.6 Å². The third-order valence-electron chi connectivity index (χ3n) is 3.34. The summed E-state index contributed by atoms with van der Waals surface area (Å²) in [5, 5.41) is 9.30. The number of carbonyl (C=O) groups is 2. The van der Waals surface area contributed by atoms with Crippen molar-refractivity contribution in [2.24, 2.45) is 0 Å². The van der Waals surface area contributed by atoms with Crippen LogP contribution in [0, 0.1) is 6.92 Å². The van der Waals surface area contributed by atoms with E-state index in [0.29, 0.717) is 10.6 Å². The van der Waals surface area contributed by atoms with Gasteiger partial charge in [0.05, 0.1) is 4.88 Å². The maximum atomic E-state index is 12.7. The molecule has 0 fully saturated rings. The summed E-state index contributed by atoms with van der Waals surface area (Å²) in [7, 11) is 0. The second kappa shape index (κ2) is 7.92. The van der Waals surface area contributed by atoms with Crippen molar-refractivity contribution in [3.05, 3.63) is 80.3 Å². The molecule has 0 aliphatic carbocycles. The maximum Gasteiger partial charge on any atom is 0.272 e. The third kappa shape index (κ3) is 4.65. The van der Waals surface area contributed by atoms with Crippen molar-refractivity contribution >= 4 is 46.3 Å². The van der Waals surface area contributed by atoms with Crippen molar-refractivity contribution in [3.8, 4) is 0 Å². The smallest absolute Gasteiger partial charge is 0.272 e. The molecular formula is C19H16N2O2S2. The Kier molecular flexibility index (Phi) is 5.42.